The van der Waals surface area contributed by atoms with Crippen molar-refractivity contribution >= 4 is 11.8 Å². The van der Waals surface area contributed by atoms with E-state index in [0.717, 1.165) is 0 Å². The fraction of sp³-hybridized carbons (Fsp3) is 0.875. The van der Waals surface area contributed by atoms with Crippen LogP contribution < -0.4 is 10.6 Å². The van der Waals surface area contributed by atoms with Crippen molar-refractivity contribution < 1.29 is 14.3 Å². The van der Waals surface area contributed by atoms with Crippen molar-refractivity contribution in [1.82, 2.24) is 10.6 Å². The third-order valence-corrected chi connectivity index (χ3v) is 3.86. The maximum Gasteiger partial charge on any atom is 0.245 e. The molecule has 2 atom stereocenters. The zero-order valence-electron chi connectivity index (χ0n) is 13.8. The Morgan fingerprint density at radius 2 is 1.71 bits per heavy atom. The lowest BCUT2D eigenvalue weighted by Gasteiger charge is -2.28. The first-order chi connectivity index (χ1) is 9.90. The van der Waals surface area contributed by atoms with E-state index in [4.69, 9.17) is 4.74 Å². The van der Waals surface area contributed by atoms with Crippen LogP contribution in [0.4, 0.5) is 0 Å². The molecule has 122 valence electrons. The van der Waals surface area contributed by atoms with Gasteiger partial charge in [-0.1, -0.05) is 19.3 Å². The average Bonchev–Trinajstić information content (AvgIpc) is 2.42. The van der Waals surface area contributed by atoms with E-state index in [-0.39, 0.29) is 24.0 Å². The van der Waals surface area contributed by atoms with Crippen LogP contribution in [0.1, 0.15) is 59.8 Å². The first-order valence-corrected chi connectivity index (χ1v) is 8.09. The molecule has 2 N–H and O–H groups in total. The first kappa shape index (κ1) is 18.0. The molecule has 0 radical (unpaired) electrons. The van der Waals surface area contributed by atoms with Gasteiger partial charge in [0.2, 0.25) is 11.8 Å². The van der Waals surface area contributed by atoms with Gasteiger partial charge in [-0.15, -0.1) is 0 Å². The largest absolute Gasteiger partial charge is 0.376 e. The predicted molar refractivity (Wildman–Crippen MR) is 82.9 cm³/mol. The molecule has 1 aliphatic rings. The first-order valence-electron chi connectivity index (χ1n) is 8.09. The second-order valence-corrected chi connectivity index (χ2v) is 6.38. The number of carbonyl (C=O) groups is 2. The van der Waals surface area contributed by atoms with Crippen molar-refractivity contribution in [2.45, 2.75) is 78.0 Å². The van der Waals surface area contributed by atoms with Crippen LogP contribution >= 0.6 is 0 Å². The minimum atomic E-state index is -0.631. The monoisotopic (exact) mass is 298 g/mol. The highest BCUT2D eigenvalue weighted by Gasteiger charge is 2.28. The number of hydrogen-bond acceptors (Lipinski definition) is 3. The van der Waals surface area contributed by atoms with Crippen molar-refractivity contribution in [3.63, 3.8) is 0 Å². The van der Waals surface area contributed by atoms with Crippen molar-refractivity contribution in [2.75, 3.05) is 6.61 Å². The lowest BCUT2D eigenvalue weighted by molar-refractivity contribution is -0.132. The molecule has 0 heterocycles. The summed E-state index contributed by atoms with van der Waals surface area (Å²) in [6, 6.07) is -0.590. The summed E-state index contributed by atoms with van der Waals surface area (Å²) in [6.45, 7) is 7.74. The van der Waals surface area contributed by atoms with E-state index in [1.54, 1.807) is 0 Å². The molecule has 0 unspecified atom stereocenters. The number of hydrogen-bond donors (Lipinski definition) is 2. The molecule has 1 saturated carbocycles. The summed E-state index contributed by atoms with van der Waals surface area (Å²) in [7, 11) is 0. The summed E-state index contributed by atoms with van der Waals surface area (Å²) in [6.07, 6.45) is 5.94. The lowest BCUT2D eigenvalue weighted by Crippen LogP contribution is -2.54. The summed E-state index contributed by atoms with van der Waals surface area (Å²) in [4.78, 5) is 23.5. The van der Waals surface area contributed by atoms with Crippen LogP contribution in [-0.2, 0) is 14.3 Å². The minimum Gasteiger partial charge on any atom is -0.376 e. The van der Waals surface area contributed by atoms with Gasteiger partial charge in [-0.3, -0.25) is 9.59 Å². The third-order valence-electron chi connectivity index (χ3n) is 3.86. The average molecular weight is 298 g/mol. The number of rotatable bonds is 7. The van der Waals surface area contributed by atoms with Crippen molar-refractivity contribution in [3.05, 3.63) is 0 Å². The van der Waals surface area contributed by atoms with Crippen molar-refractivity contribution in [3.8, 4) is 0 Å². The van der Waals surface area contributed by atoms with Crippen LogP contribution in [0, 0.1) is 5.92 Å². The molecular weight excluding hydrogens is 268 g/mol. The number of ether oxygens (including phenoxy) is 1. The molecular formula is C16H30N2O3. The van der Waals surface area contributed by atoms with Crippen molar-refractivity contribution in [2.24, 2.45) is 5.92 Å². The highest BCUT2D eigenvalue weighted by Crippen LogP contribution is 2.24. The van der Waals surface area contributed by atoms with Gasteiger partial charge in [-0.05, 0) is 39.5 Å². The molecule has 1 fully saturated rings. The summed E-state index contributed by atoms with van der Waals surface area (Å²) in [5.74, 6) is 0.190. The molecule has 0 spiro atoms. The molecule has 0 aliphatic heterocycles. The van der Waals surface area contributed by atoms with Crippen LogP contribution in [0.3, 0.4) is 0 Å². The molecule has 0 saturated heterocycles. The molecule has 21 heavy (non-hydrogen) atoms. The Labute approximate surface area is 128 Å². The van der Waals surface area contributed by atoms with Gasteiger partial charge in [-0.25, -0.2) is 0 Å². The highest BCUT2D eigenvalue weighted by atomic mass is 16.5. The van der Waals surface area contributed by atoms with Crippen molar-refractivity contribution in [1.29, 1.82) is 0 Å². The van der Waals surface area contributed by atoms with E-state index in [1.165, 1.54) is 39.0 Å². The fourth-order valence-corrected chi connectivity index (χ4v) is 2.73. The van der Waals surface area contributed by atoms with E-state index in [2.05, 4.69) is 10.6 Å². The third kappa shape index (κ3) is 6.93. The Morgan fingerprint density at radius 1 is 1.10 bits per heavy atom. The minimum absolute atomic E-state index is 0.0410. The van der Waals surface area contributed by atoms with Gasteiger partial charge in [0.05, 0.1) is 6.10 Å². The zero-order chi connectivity index (χ0) is 15.8. The van der Waals surface area contributed by atoms with Gasteiger partial charge in [0.25, 0.3) is 0 Å². The van der Waals surface area contributed by atoms with E-state index in [1.807, 2.05) is 20.8 Å². The second kappa shape index (κ2) is 9.03. The normalized spacial score (nSPS) is 19.1. The zero-order valence-corrected chi connectivity index (χ0v) is 13.8. The van der Waals surface area contributed by atoms with E-state index in [9.17, 15) is 9.59 Å². The summed E-state index contributed by atoms with van der Waals surface area (Å²) in [5, 5.41) is 5.53. The quantitative estimate of drug-likeness (QED) is 0.755. The van der Waals surface area contributed by atoms with Gasteiger partial charge in [0.1, 0.15) is 6.04 Å². The number of nitrogens with one attached hydrogen (secondary N) is 2. The van der Waals surface area contributed by atoms with Crippen LogP contribution in [0.5, 0.6) is 0 Å². The topological polar surface area (TPSA) is 67.4 Å². The predicted octanol–water partition coefficient (Wildman–Crippen LogP) is 2.00. The van der Waals surface area contributed by atoms with Crippen LogP contribution in [0.25, 0.3) is 0 Å². The Hall–Kier alpha value is -1.10. The van der Waals surface area contributed by atoms with Crippen LogP contribution in [0.15, 0.2) is 0 Å². The molecule has 0 aromatic carbocycles. The molecule has 1 rings (SSSR count). The SMILES string of the molecule is CC(=O)N[C@@H](C(=O)NC(C)C)[C@H](C)OCC1CCCCC1. The molecule has 2 amide bonds. The molecule has 1 aliphatic carbocycles. The molecule has 5 heteroatoms. The molecule has 5 nitrogen and oxygen atoms in total. The van der Waals surface area contributed by atoms with Gasteiger partial charge in [0.15, 0.2) is 0 Å². The Balaban J connectivity index is 2.50. The Morgan fingerprint density at radius 3 is 2.24 bits per heavy atom. The summed E-state index contributed by atoms with van der Waals surface area (Å²) >= 11 is 0. The van der Waals surface area contributed by atoms with E-state index in [0.29, 0.717) is 12.5 Å². The maximum absolute atomic E-state index is 12.2. The fourth-order valence-electron chi connectivity index (χ4n) is 2.73. The summed E-state index contributed by atoms with van der Waals surface area (Å²) in [5.41, 5.74) is 0. The smallest absolute Gasteiger partial charge is 0.245 e. The van der Waals surface area contributed by atoms with Gasteiger partial charge in [-0.2, -0.15) is 0 Å². The van der Waals surface area contributed by atoms with Gasteiger partial charge < -0.3 is 15.4 Å². The van der Waals surface area contributed by atoms with E-state index < -0.39 is 6.04 Å². The standard InChI is InChI=1S/C16H30N2O3/c1-11(2)17-16(20)15(18-13(4)19)12(3)21-10-14-8-6-5-7-9-14/h11-12,14-15H,5-10H2,1-4H3,(H,17,20)(H,18,19)/t12-,15+/m0/s1. The molecule has 0 aromatic heterocycles. The second-order valence-electron chi connectivity index (χ2n) is 6.38. The number of amides is 2. The van der Waals surface area contributed by atoms with Gasteiger partial charge >= 0.3 is 0 Å². The molecule has 0 bridgehead atoms. The van der Waals surface area contributed by atoms with E-state index >= 15 is 0 Å². The lowest BCUT2D eigenvalue weighted by atomic mass is 9.90. The van der Waals surface area contributed by atoms with Crippen LogP contribution in [0.2, 0.25) is 0 Å². The summed E-state index contributed by atoms with van der Waals surface area (Å²) < 4.78 is 5.87. The Bertz CT molecular complexity index is 338. The van der Waals surface area contributed by atoms with Crippen LogP contribution in [-0.4, -0.2) is 36.6 Å². The highest BCUT2D eigenvalue weighted by molar-refractivity contribution is 5.87. The Kier molecular flexibility index (Phi) is 7.72. The van der Waals surface area contributed by atoms with Gasteiger partial charge in [0, 0.05) is 19.6 Å². The molecule has 0 aromatic rings. The maximum atomic E-state index is 12.2. The number of carbonyl (C=O) groups excluding carboxylic acids is 2.